The maximum atomic E-state index is 11.9. The first-order chi connectivity index (χ1) is 10.8. The summed E-state index contributed by atoms with van der Waals surface area (Å²) in [6.45, 7) is 10.4. The van der Waals surface area contributed by atoms with Gasteiger partial charge < -0.3 is 4.74 Å². The van der Waals surface area contributed by atoms with Gasteiger partial charge in [0, 0.05) is 5.56 Å². The van der Waals surface area contributed by atoms with Crippen molar-refractivity contribution in [3.8, 4) is 16.9 Å². The number of benzene rings is 2. The summed E-state index contributed by atoms with van der Waals surface area (Å²) in [6, 6.07) is 12.3. The van der Waals surface area contributed by atoms with Gasteiger partial charge in [-0.1, -0.05) is 45.9 Å². The lowest BCUT2D eigenvalue weighted by molar-refractivity contribution is 0.101. The maximum Gasteiger partial charge on any atom is 0.159 e. The van der Waals surface area contributed by atoms with Crippen LogP contribution in [0, 0.1) is 0 Å². The highest BCUT2D eigenvalue weighted by Gasteiger charge is 2.17. The van der Waals surface area contributed by atoms with Crippen LogP contribution in [0.3, 0.4) is 0 Å². The highest BCUT2D eigenvalue weighted by atomic mass is 16.5. The van der Waals surface area contributed by atoms with Crippen molar-refractivity contribution in [3.05, 3.63) is 53.1 Å². The van der Waals surface area contributed by atoms with E-state index in [2.05, 4.69) is 45.9 Å². The Labute approximate surface area is 139 Å². The van der Waals surface area contributed by atoms with Crippen molar-refractivity contribution in [1.29, 1.82) is 0 Å². The molecule has 0 fully saturated rings. The van der Waals surface area contributed by atoms with E-state index in [0.29, 0.717) is 17.4 Å². The fourth-order valence-corrected chi connectivity index (χ4v) is 2.95. The SMILES string of the molecule is COc1cc(C(C)=O)cc(-c2c(C(C)C)cccc2C(C)C)c1. The zero-order valence-corrected chi connectivity index (χ0v) is 14.9. The molecule has 0 aromatic heterocycles. The standard InChI is InChI=1S/C21H26O2/c1-13(2)19-8-7-9-20(14(3)4)21(19)17-10-16(15(5)22)11-18(12-17)23-6/h7-14H,1-6H3. The normalized spacial score (nSPS) is 11.1. The van der Waals surface area contributed by atoms with Crippen molar-refractivity contribution < 1.29 is 9.53 Å². The number of carbonyl (C=O) groups excluding carboxylic acids is 1. The average molecular weight is 310 g/mol. The molecule has 23 heavy (non-hydrogen) atoms. The van der Waals surface area contributed by atoms with Crippen molar-refractivity contribution in [1.82, 2.24) is 0 Å². The molecule has 0 amide bonds. The number of hydrogen-bond donors (Lipinski definition) is 0. The molecular weight excluding hydrogens is 284 g/mol. The van der Waals surface area contributed by atoms with E-state index in [9.17, 15) is 4.79 Å². The second kappa shape index (κ2) is 6.99. The van der Waals surface area contributed by atoms with Crippen molar-refractivity contribution >= 4 is 5.78 Å². The molecule has 0 atom stereocenters. The quantitative estimate of drug-likeness (QED) is 0.651. The zero-order chi connectivity index (χ0) is 17.1. The maximum absolute atomic E-state index is 11.9. The predicted octanol–water partition coefficient (Wildman–Crippen LogP) is 5.81. The molecule has 0 heterocycles. The van der Waals surface area contributed by atoms with Crippen LogP contribution in [-0.4, -0.2) is 12.9 Å². The van der Waals surface area contributed by atoms with Crippen molar-refractivity contribution in [2.75, 3.05) is 7.11 Å². The molecule has 0 aliphatic heterocycles. The molecule has 0 aliphatic rings. The molecule has 0 unspecified atom stereocenters. The lowest BCUT2D eigenvalue weighted by Crippen LogP contribution is -2.01. The number of ketones is 1. The van der Waals surface area contributed by atoms with Crippen molar-refractivity contribution in [3.63, 3.8) is 0 Å². The molecule has 0 saturated heterocycles. The zero-order valence-electron chi connectivity index (χ0n) is 14.9. The van der Waals surface area contributed by atoms with Gasteiger partial charge in [-0.3, -0.25) is 4.79 Å². The number of rotatable bonds is 5. The molecule has 0 saturated carbocycles. The van der Waals surface area contributed by atoms with Crippen LogP contribution >= 0.6 is 0 Å². The molecule has 0 N–H and O–H groups in total. The number of Topliss-reactive ketones (excluding diaryl/α,β-unsaturated/α-hetero) is 1. The van der Waals surface area contributed by atoms with E-state index in [-0.39, 0.29) is 5.78 Å². The van der Waals surface area contributed by atoms with E-state index in [1.807, 2.05) is 12.1 Å². The molecular formula is C21H26O2. The summed E-state index contributed by atoms with van der Waals surface area (Å²) in [5.74, 6) is 1.60. The highest BCUT2D eigenvalue weighted by Crippen LogP contribution is 2.38. The third-order valence-corrected chi connectivity index (χ3v) is 4.21. The molecule has 2 nitrogen and oxygen atoms in total. The Balaban J connectivity index is 2.79. The van der Waals surface area contributed by atoms with E-state index in [1.54, 1.807) is 20.1 Å². The molecule has 2 heteroatoms. The molecule has 2 aromatic carbocycles. The number of hydrogen-bond acceptors (Lipinski definition) is 2. The van der Waals surface area contributed by atoms with Gasteiger partial charge >= 0.3 is 0 Å². The van der Waals surface area contributed by atoms with Gasteiger partial charge in [-0.05, 0) is 59.2 Å². The van der Waals surface area contributed by atoms with Crippen LogP contribution < -0.4 is 4.74 Å². The summed E-state index contributed by atoms with van der Waals surface area (Å²) in [5.41, 5.74) is 5.59. The smallest absolute Gasteiger partial charge is 0.159 e. The summed E-state index contributed by atoms with van der Waals surface area (Å²) < 4.78 is 5.42. The van der Waals surface area contributed by atoms with Crippen LogP contribution in [0.1, 0.15) is 67.9 Å². The van der Waals surface area contributed by atoms with Crippen LogP contribution in [0.25, 0.3) is 11.1 Å². The van der Waals surface area contributed by atoms with Gasteiger partial charge in [0.05, 0.1) is 7.11 Å². The first kappa shape index (κ1) is 17.3. The molecule has 0 radical (unpaired) electrons. The van der Waals surface area contributed by atoms with E-state index >= 15 is 0 Å². The number of ether oxygens (including phenoxy) is 1. The Kier molecular flexibility index (Phi) is 5.25. The minimum Gasteiger partial charge on any atom is -0.497 e. The first-order valence-corrected chi connectivity index (χ1v) is 8.18. The number of methoxy groups -OCH3 is 1. The predicted molar refractivity (Wildman–Crippen MR) is 96.6 cm³/mol. The van der Waals surface area contributed by atoms with E-state index < -0.39 is 0 Å². The average Bonchev–Trinajstić information content (AvgIpc) is 2.53. The summed E-state index contributed by atoms with van der Waals surface area (Å²) >= 11 is 0. The van der Waals surface area contributed by atoms with E-state index in [0.717, 1.165) is 11.3 Å². The molecule has 0 spiro atoms. The van der Waals surface area contributed by atoms with Gasteiger partial charge in [-0.15, -0.1) is 0 Å². The van der Waals surface area contributed by atoms with Crippen molar-refractivity contribution in [2.24, 2.45) is 0 Å². The minimum absolute atomic E-state index is 0.0540. The van der Waals surface area contributed by atoms with Crippen molar-refractivity contribution in [2.45, 2.75) is 46.5 Å². The summed E-state index contributed by atoms with van der Waals surface area (Å²) in [7, 11) is 1.64. The van der Waals surface area contributed by atoms with Gasteiger partial charge in [0.2, 0.25) is 0 Å². The van der Waals surface area contributed by atoms with Crippen LogP contribution in [-0.2, 0) is 0 Å². The lowest BCUT2D eigenvalue weighted by atomic mass is 9.84. The Morgan fingerprint density at radius 2 is 1.52 bits per heavy atom. The van der Waals surface area contributed by atoms with Gasteiger partial charge in [-0.25, -0.2) is 0 Å². The summed E-state index contributed by atoms with van der Waals surface area (Å²) in [5, 5.41) is 0. The lowest BCUT2D eigenvalue weighted by Gasteiger charge is -2.20. The molecule has 0 bridgehead atoms. The fourth-order valence-electron chi connectivity index (χ4n) is 2.95. The van der Waals surface area contributed by atoms with Crippen LogP contribution in [0.5, 0.6) is 5.75 Å². The molecule has 2 rings (SSSR count). The monoisotopic (exact) mass is 310 g/mol. The third kappa shape index (κ3) is 3.64. The Hall–Kier alpha value is -2.09. The van der Waals surface area contributed by atoms with Gasteiger partial charge in [0.25, 0.3) is 0 Å². The molecule has 0 aliphatic carbocycles. The van der Waals surface area contributed by atoms with E-state index in [1.165, 1.54) is 16.7 Å². The van der Waals surface area contributed by atoms with Gasteiger partial charge in [-0.2, -0.15) is 0 Å². The summed E-state index contributed by atoms with van der Waals surface area (Å²) in [4.78, 5) is 11.9. The van der Waals surface area contributed by atoms with Crippen LogP contribution in [0.15, 0.2) is 36.4 Å². The highest BCUT2D eigenvalue weighted by molar-refractivity contribution is 5.96. The Morgan fingerprint density at radius 1 is 0.957 bits per heavy atom. The first-order valence-electron chi connectivity index (χ1n) is 8.18. The van der Waals surface area contributed by atoms with Crippen LogP contribution in [0.2, 0.25) is 0 Å². The minimum atomic E-state index is 0.0540. The van der Waals surface area contributed by atoms with Crippen LogP contribution in [0.4, 0.5) is 0 Å². The largest absolute Gasteiger partial charge is 0.497 e. The Morgan fingerprint density at radius 3 is 1.96 bits per heavy atom. The topological polar surface area (TPSA) is 26.3 Å². The van der Waals surface area contributed by atoms with Gasteiger partial charge in [0.15, 0.2) is 5.78 Å². The van der Waals surface area contributed by atoms with Gasteiger partial charge in [0.1, 0.15) is 5.75 Å². The Bertz CT molecular complexity index is 686. The molecule has 2 aromatic rings. The summed E-state index contributed by atoms with van der Waals surface area (Å²) in [6.07, 6.45) is 0. The number of carbonyl (C=O) groups is 1. The second-order valence-corrected chi connectivity index (χ2v) is 6.63. The second-order valence-electron chi connectivity index (χ2n) is 6.63. The fraction of sp³-hybridized carbons (Fsp3) is 0.381. The third-order valence-electron chi connectivity index (χ3n) is 4.21. The van der Waals surface area contributed by atoms with E-state index in [4.69, 9.17) is 4.74 Å². The molecule has 122 valence electrons.